The van der Waals surface area contributed by atoms with Gasteiger partial charge in [0.2, 0.25) is 0 Å². The summed E-state index contributed by atoms with van der Waals surface area (Å²) >= 11 is 0. The van der Waals surface area contributed by atoms with Crippen molar-refractivity contribution in [3.8, 4) is 0 Å². The molecule has 0 aromatic rings. The lowest BCUT2D eigenvalue weighted by Crippen LogP contribution is -2.37. The zero-order chi connectivity index (χ0) is 15.3. The van der Waals surface area contributed by atoms with Crippen molar-refractivity contribution in [2.24, 2.45) is 5.89 Å². The number of carboxylic acid groups (broad SMARTS) is 1. The molecule has 1 rings (SSSR count). The predicted molar refractivity (Wildman–Crippen MR) is 43.0 cm³/mol. The van der Waals surface area contributed by atoms with Gasteiger partial charge in [-0.05, 0) is 12.3 Å². The summed E-state index contributed by atoms with van der Waals surface area (Å²) in [6.07, 6.45) is -10.8. The highest BCUT2D eigenvalue weighted by Crippen LogP contribution is 2.29. The monoisotopic (exact) mass is 178 g/mol. The topological polar surface area (TPSA) is 66.4 Å². The van der Waals surface area contributed by atoms with Crippen LogP contribution in [0.2, 0.25) is 0 Å². The highest BCUT2D eigenvalue weighted by molar-refractivity contribution is 5.71. The van der Waals surface area contributed by atoms with E-state index in [2.05, 4.69) is 0 Å². The van der Waals surface area contributed by atoms with Crippen molar-refractivity contribution < 1.29 is 24.3 Å². The summed E-state index contributed by atoms with van der Waals surface area (Å²) in [5.41, 5.74) is 0. The number of carbonyl (C=O) groups is 2. The predicted octanol–water partition coefficient (Wildman–Crippen LogP) is 1.01. The molecule has 12 heavy (non-hydrogen) atoms. The van der Waals surface area contributed by atoms with Crippen molar-refractivity contribution in [3.05, 3.63) is 0 Å². The van der Waals surface area contributed by atoms with Crippen molar-refractivity contribution >= 4 is 12.4 Å². The van der Waals surface area contributed by atoms with E-state index in [1.807, 2.05) is 0 Å². The number of hydrogen-bond donors (Lipinski definition) is 2. The average Bonchev–Trinajstić information content (AvgIpc) is 2.25. The summed E-state index contributed by atoms with van der Waals surface area (Å²) in [5.74, 6) is -2.56. The van der Waals surface area contributed by atoms with Crippen LogP contribution in [0.15, 0.2) is 0 Å². The molecule has 1 aliphatic carbocycles. The van der Waals surface area contributed by atoms with E-state index >= 15 is 0 Å². The van der Waals surface area contributed by atoms with Crippen LogP contribution in [0.1, 0.15) is 35.1 Å². The second-order valence-electron chi connectivity index (χ2n) is 2.25. The van der Waals surface area contributed by atoms with Gasteiger partial charge < -0.3 is 15.2 Å². The van der Waals surface area contributed by atoms with Crippen molar-refractivity contribution in [1.82, 2.24) is 5.32 Å². The zero-order valence-corrected chi connectivity index (χ0v) is 6.13. The molecule has 0 aliphatic heterocycles. The molecule has 2 N–H and O–H groups in total. The molecule has 0 aromatic carbocycles. The van der Waals surface area contributed by atoms with E-state index in [-0.39, 0.29) is 6.29 Å². The van der Waals surface area contributed by atoms with Gasteiger partial charge in [-0.2, -0.15) is 0 Å². The van der Waals surface area contributed by atoms with Crippen LogP contribution in [0.25, 0.3) is 0 Å². The molecule has 0 aromatic heterocycles. The largest absolute Gasteiger partial charge is 0.465 e. The molecule has 4 nitrogen and oxygen atoms in total. The second kappa shape index (κ2) is 4.09. The Morgan fingerprint density at radius 3 is 3.08 bits per heavy atom. The molecule has 1 aliphatic rings. The van der Waals surface area contributed by atoms with Crippen molar-refractivity contribution in [2.45, 2.75) is 31.6 Å². The lowest BCUT2D eigenvalue weighted by Gasteiger charge is -2.27. The first-order valence-electron chi connectivity index (χ1n) is 6.80. The third kappa shape index (κ3) is 2.53. The van der Waals surface area contributed by atoms with Crippen molar-refractivity contribution in [1.29, 1.82) is 0 Å². The van der Waals surface area contributed by atoms with Crippen molar-refractivity contribution in [3.63, 3.8) is 0 Å². The van der Waals surface area contributed by atoms with Gasteiger partial charge in [-0.3, -0.25) is 0 Å². The second-order valence-corrected chi connectivity index (χ2v) is 2.25. The molecular weight excluding hydrogens is 158 g/mol. The normalized spacial score (nSPS) is 43.2. The maximum Gasteiger partial charge on any atom is 0.405 e. The molecule has 0 bridgehead atoms. The molecule has 0 radical (unpaired) electrons. The minimum atomic E-state index is -2.89. The molecule has 0 saturated heterocycles. The highest BCUT2D eigenvalue weighted by Gasteiger charge is 2.22. The van der Waals surface area contributed by atoms with Gasteiger partial charge in [-0.1, -0.05) is 19.1 Å². The molecule has 1 atom stereocenters. The first-order chi connectivity index (χ1) is 8.35. The minimum absolute atomic E-state index is 0.129. The summed E-state index contributed by atoms with van der Waals surface area (Å²) in [5, 5.41) is 10.2. The summed E-state index contributed by atoms with van der Waals surface area (Å²) in [6, 6.07) is -1.48. The molecule has 1 saturated carbocycles. The summed E-state index contributed by atoms with van der Waals surface area (Å²) < 4.78 is 52.5. The van der Waals surface area contributed by atoms with E-state index in [9.17, 15) is 9.59 Å². The van der Waals surface area contributed by atoms with Crippen LogP contribution in [0, 0.1) is 5.89 Å². The Kier molecular flexibility index (Phi) is 1.14. The van der Waals surface area contributed by atoms with E-state index in [1.165, 1.54) is 0 Å². The Balaban J connectivity index is 3.04. The quantitative estimate of drug-likeness (QED) is 0.631. The number of carbonyl (C=O) groups excluding carboxylic acids is 1. The van der Waals surface area contributed by atoms with E-state index in [4.69, 9.17) is 14.7 Å². The molecule has 0 spiro atoms. The third-order valence-corrected chi connectivity index (χ3v) is 1.32. The molecular formula is C8H13NO3. The standard InChI is InChI=1S/C8H13NO3/c10-5-7(9-8(11)12)4-6-2-1-3-6/h5-7,9H,1-4H2,(H,11,12)/i1D2,2D2,3D2,6D. The SMILES string of the molecule is [2H]C1([2H])C([2H])([2H])C([2H])(CC(C=O)NC(=O)O)C1([2H])[2H]. The molecule has 1 amide bonds. The Labute approximate surface area is 80.8 Å². The van der Waals surface area contributed by atoms with Gasteiger partial charge in [0.15, 0.2) is 0 Å². The van der Waals surface area contributed by atoms with Gasteiger partial charge in [-0.15, -0.1) is 0 Å². The molecule has 68 valence electrons. The van der Waals surface area contributed by atoms with Crippen LogP contribution in [0.5, 0.6) is 0 Å². The number of hydrogen-bond acceptors (Lipinski definition) is 2. The van der Waals surface area contributed by atoms with E-state index < -0.39 is 43.6 Å². The van der Waals surface area contributed by atoms with Gasteiger partial charge in [0, 0.05) is 9.60 Å². The molecule has 4 heteroatoms. The number of aldehydes is 1. The fourth-order valence-electron chi connectivity index (χ4n) is 0.765. The van der Waals surface area contributed by atoms with Crippen LogP contribution in [-0.2, 0) is 4.79 Å². The van der Waals surface area contributed by atoms with Crippen LogP contribution in [-0.4, -0.2) is 23.5 Å². The first-order valence-corrected chi connectivity index (χ1v) is 3.30. The molecule has 0 heterocycles. The Hall–Kier alpha value is -1.06. The summed E-state index contributed by atoms with van der Waals surface area (Å²) in [4.78, 5) is 21.1. The number of amides is 1. The summed E-state index contributed by atoms with van der Waals surface area (Å²) in [7, 11) is 0. The van der Waals surface area contributed by atoms with Gasteiger partial charge in [0.1, 0.15) is 6.29 Å². The molecule has 1 unspecified atom stereocenters. The van der Waals surface area contributed by atoms with Gasteiger partial charge in [0.25, 0.3) is 0 Å². The number of nitrogens with one attached hydrogen (secondary N) is 1. The van der Waals surface area contributed by atoms with Crippen LogP contribution in [0.4, 0.5) is 4.79 Å². The molecule has 1 fully saturated rings. The maximum absolute atomic E-state index is 10.7. The lowest BCUT2D eigenvalue weighted by molar-refractivity contribution is -0.110. The van der Waals surface area contributed by atoms with Crippen LogP contribution < -0.4 is 5.32 Å². The van der Waals surface area contributed by atoms with Crippen LogP contribution >= 0.6 is 0 Å². The van der Waals surface area contributed by atoms with Crippen molar-refractivity contribution in [2.75, 3.05) is 0 Å². The van der Waals surface area contributed by atoms with E-state index in [0.717, 1.165) is 0 Å². The van der Waals surface area contributed by atoms with Crippen LogP contribution in [0.3, 0.4) is 0 Å². The average molecular weight is 178 g/mol. The fraction of sp³-hybridized carbons (Fsp3) is 0.750. The Morgan fingerprint density at radius 2 is 2.58 bits per heavy atom. The van der Waals surface area contributed by atoms with E-state index in [1.54, 1.807) is 5.32 Å². The Bertz CT molecular complexity index is 393. The summed E-state index contributed by atoms with van der Waals surface area (Å²) in [6.45, 7) is 0. The van der Waals surface area contributed by atoms with E-state index in [0.29, 0.717) is 0 Å². The highest BCUT2D eigenvalue weighted by atomic mass is 16.4. The smallest absolute Gasteiger partial charge is 0.405 e. The first kappa shape index (κ1) is 3.36. The maximum atomic E-state index is 10.7. The third-order valence-electron chi connectivity index (χ3n) is 1.32. The fourth-order valence-corrected chi connectivity index (χ4v) is 0.765. The Morgan fingerprint density at radius 1 is 1.92 bits per heavy atom. The van der Waals surface area contributed by atoms with Gasteiger partial charge >= 0.3 is 6.09 Å². The van der Waals surface area contributed by atoms with Gasteiger partial charge in [-0.25, -0.2) is 4.79 Å². The zero-order valence-electron chi connectivity index (χ0n) is 13.1. The minimum Gasteiger partial charge on any atom is -0.465 e. The van der Waals surface area contributed by atoms with Gasteiger partial charge in [0.05, 0.1) is 6.04 Å². The lowest BCUT2D eigenvalue weighted by atomic mass is 9.81. The number of rotatable bonds is 4.